The maximum absolute atomic E-state index is 14.1. The molecule has 1 amide bonds. The first-order chi connectivity index (χ1) is 18.5. The van der Waals surface area contributed by atoms with Crippen LogP contribution in [0.3, 0.4) is 0 Å². The monoisotopic (exact) mass is 568 g/mol. The van der Waals surface area contributed by atoms with E-state index in [9.17, 15) is 29.5 Å². The maximum Gasteiger partial charge on any atom is 0.459 e. The van der Waals surface area contributed by atoms with Crippen LogP contribution in [0, 0.1) is 0 Å². The molecule has 0 aromatic heterocycles. The van der Waals surface area contributed by atoms with Crippen molar-refractivity contribution >= 4 is 19.6 Å². The molecule has 13 nitrogen and oxygen atoms in total. The number of esters is 1. The van der Waals surface area contributed by atoms with Crippen molar-refractivity contribution in [3.63, 3.8) is 0 Å². The summed E-state index contributed by atoms with van der Waals surface area (Å²) in [7, 11) is -3.11. The van der Waals surface area contributed by atoms with Crippen molar-refractivity contribution in [3.05, 3.63) is 60.2 Å². The van der Waals surface area contributed by atoms with Crippen LogP contribution >= 0.6 is 7.75 Å². The van der Waals surface area contributed by atoms with Gasteiger partial charge in [-0.2, -0.15) is 5.09 Å². The first-order valence-corrected chi connectivity index (χ1v) is 13.6. The lowest BCUT2D eigenvalue weighted by atomic mass is 9.97. The first kappa shape index (κ1) is 30.5. The van der Waals surface area contributed by atoms with E-state index >= 15 is 0 Å². The Morgan fingerprint density at radius 3 is 2.31 bits per heavy atom. The minimum absolute atomic E-state index is 0.0379. The standard InChI is InChI=1S/C25H33N2O11P/c1-15(24(31)35-14-17-7-5-4-6-8-17)27-39(33,37-19-11-9-18(34-3)10-12-19)38-23-21(26-16(2)29)25(32)36-20(13-28)22(23)30/h4-12,15,20-23,25,28,30,32H,13-14H2,1-3H3,(H,26,29)(H,27,33)/t15-,20-,21-,22-,23-,25?,39?/m1/s1. The van der Waals surface area contributed by atoms with Crippen LogP contribution in [-0.2, 0) is 34.8 Å². The van der Waals surface area contributed by atoms with Crippen LogP contribution in [-0.4, -0.2) is 77.6 Å². The topological polar surface area (TPSA) is 182 Å². The van der Waals surface area contributed by atoms with E-state index in [-0.39, 0.29) is 12.4 Å². The number of nitrogens with one attached hydrogen (secondary N) is 2. The van der Waals surface area contributed by atoms with E-state index in [0.717, 1.165) is 12.5 Å². The normalized spacial score (nSPS) is 25.1. The molecule has 0 saturated carbocycles. The Morgan fingerprint density at radius 1 is 1.08 bits per heavy atom. The van der Waals surface area contributed by atoms with Gasteiger partial charge in [0.25, 0.3) is 0 Å². The lowest BCUT2D eigenvalue weighted by Crippen LogP contribution is -2.64. The summed E-state index contributed by atoms with van der Waals surface area (Å²) in [6.45, 7) is 1.77. The molecule has 14 heteroatoms. The summed E-state index contributed by atoms with van der Waals surface area (Å²) in [5.74, 6) is -0.848. The number of hydrogen-bond acceptors (Lipinski definition) is 11. The molecule has 2 unspecified atom stereocenters. The molecule has 1 saturated heterocycles. The van der Waals surface area contributed by atoms with E-state index in [0.29, 0.717) is 5.75 Å². The summed E-state index contributed by atoms with van der Waals surface area (Å²) in [6.07, 6.45) is -6.33. The molecule has 1 heterocycles. The highest BCUT2D eigenvalue weighted by atomic mass is 31.2. The summed E-state index contributed by atoms with van der Waals surface area (Å²) < 4.78 is 41.0. The molecule has 39 heavy (non-hydrogen) atoms. The average molecular weight is 569 g/mol. The number of hydrogen-bond donors (Lipinski definition) is 5. The highest BCUT2D eigenvalue weighted by Gasteiger charge is 2.50. The second kappa shape index (κ2) is 13.9. The number of benzene rings is 2. The van der Waals surface area contributed by atoms with Gasteiger partial charge in [0.05, 0.1) is 13.7 Å². The molecule has 2 aromatic rings. The molecular formula is C25H33N2O11P. The van der Waals surface area contributed by atoms with Gasteiger partial charge in [-0.05, 0) is 36.8 Å². The zero-order chi connectivity index (χ0) is 28.6. The number of ether oxygens (including phenoxy) is 3. The van der Waals surface area contributed by atoms with Gasteiger partial charge in [-0.25, -0.2) is 4.57 Å². The van der Waals surface area contributed by atoms with Gasteiger partial charge in [-0.15, -0.1) is 0 Å². The van der Waals surface area contributed by atoms with Crippen LogP contribution in [0.2, 0.25) is 0 Å². The van der Waals surface area contributed by atoms with Crippen LogP contribution in [0.5, 0.6) is 11.5 Å². The minimum Gasteiger partial charge on any atom is -0.497 e. The fourth-order valence-corrected chi connectivity index (χ4v) is 5.47. The van der Waals surface area contributed by atoms with Crippen molar-refractivity contribution in [2.24, 2.45) is 0 Å². The molecule has 3 rings (SSSR count). The van der Waals surface area contributed by atoms with Gasteiger partial charge in [-0.3, -0.25) is 14.1 Å². The Morgan fingerprint density at radius 2 is 1.72 bits per heavy atom. The van der Waals surface area contributed by atoms with Crippen LogP contribution in [0.25, 0.3) is 0 Å². The third kappa shape index (κ3) is 8.48. The third-order valence-corrected chi connectivity index (χ3v) is 7.39. The van der Waals surface area contributed by atoms with E-state index in [1.54, 1.807) is 24.3 Å². The highest BCUT2D eigenvalue weighted by Crippen LogP contribution is 2.48. The largest absolute Gasteiger partial charge is 0.497 e. The van der Waals surface area contributed by atoms with Crippen LogP contribution in [0.4, 0.5) is 0 Å². The maximum atomic E-state index is 14.1. The second-order valence-corrected chi connectivity index (χ2v) is 10.4. The Hall–Kier alpha value is -3.03. The molecule has 1 fully saturated rings. The van der Waals surface area contributed by atoms with E-state index in [4.69, 9.17) is 23.3 Å². The van der Waals surface area contributed by atoms with Crippen LogP contribution in [0.15, 0.2) is 54.6 Å². The zero-order valence-electron chi connectivity index (χ0n) is 21.6. The molecule has 0 spiro atoms. The molecule has 214 valence electrons. The lowest BCUT2D eigenvalue weighted by Gasteiger charge is -2.43. The number of amides is 1. The highest BCUT2D eigenvalue weighted by molar-refractivity contribution is 7.52. The Labute approximate surface area is 225 Å². The molecule has 7 atom stereocenters. The molecule has 1 aliphatic heterocycles. The van der Waals surface area contributed by atoms with Crippen LogP contribution in [0.1, 0.15) is 19.4 Å². The van der Waals surface area contributed by atoms with E-state index in [1.807, 2.05) is 6.07 Å². The number of methoxy groups -OCH3 is 1. The summed E-state index contributed by atoms with van der Waals surface area (Å²) in [5, 5.41) is 35.7. The van der Waals surface area contributed by atoms with E-state index < -0.39 is 62.9 Å². The lowest BCUT2D eigenvalue weighted by molar-refractivity contribution is -0.250. The smallest absolute Gasteiger partial charge is 0.459 e. The van der Waals surface area contributed by atoms with Crippen molar-refractivity contribution in [2.45, 2.75) is 57.1 Å². The molecule has 2 aromatic carbocycles. The minimum atomic E-state index is -4.57. The summed E-state index contributed by atoms with van der Waals surface area (Å²) >= 11 is 0. The van der Waals surface area contributed by atoms with Gasteiger partial charge in [0, 0.05) is 6.92 Å². The Kier molecular flexibility index (Phi) is 10.8. The van der Waals surface area contributed by atoms with Gasteiger partial charge in [0.2, 0.25) is 5.91 Å². The molecule has 0 bridgehead atoms. The van der Waals surface area contributed by atoms with Gasteiger partial charge in [0.15, 0.2) is 6.29 Å². The number of aliphatic hydroxyl groups is 3. The molecule has 5 N–H and O–H groups in total. The van der Waals surface area contributed by atoms with Gasteiger partial charge in [-0.1, -0.05) is 30.3 Å². The average Bonchev–Trinajstić information content (AvgIpc) is 2.91. The number of aliphatic hydroxyl groups excluding tert-OH is 3. The third-order valence-electron chi connectivity index (χ3n) is 5.72. The van der Waals surface area contributed by atoms with Gasteiger partial charge in [0.1, 0.15) is 48.5 Å². The predicted molar refractivity (Wildman–Crippen MR) is 137 cm³/mol. The Balaban J connectivity index is 1.86. The quantitative estimate of drug-likeness (QED) is 0.180. The summed E-state index contributed by atoms with van der Waals surface area (Å²) in [5.41, 5.74) is 0.736. The Bertz CT molecular complexity index is 1130. The van der Waals surface area contributed by atoms with Crippen molar-refractivity contribution in [3.8, 4) is 11.5 Å². The number of carbonyl (C=O) groups excluding carboxylic acids is 2. The molecule has 1 aliphatic rings. The first-order valence-electron chi connectivity index (χ1n) is 12.0. The summed E-state index contributed by atoms with van der Waals surface area (Å²) in [6, 6.07) is 12.2. The number of carbonyl (C=O) groups is 2. The van der Waals surface area contributed by atoms with E-state index in [2.05, 4.69) is 10.4 Å². The summed E-state index contributed by atoms with van der Waals surface area (Å²) in [4.78, 5) is 24.5. The predicted octanol–water partition coefficient (Wildman–Crippen LogP) is 0.864. The zero-order valence-corrected chi connectivity index (χ0v) is 22.5. The molecule has 0 radical (unpaired) electrons. The number of rotatable bonds is 12. The van der Waals surface area contributed by atoms with Crippen LogP contribution < -0.4 is 19.7 Å². The SMILES string of the molecule is COc1ccc(OP(=O)(N[C@H](C)C(=O)OCc2ccccc2)O[C@H]2[C@H](O)[C@@H](CO)OC(O)[C@@H]2NC(C)=O)cc1. The molecular weight excluding hydrogens is 535 g/mol. The fraction of sp³-hybridized carbons (Fsp3) is 0.440. The van der Waals surface area contributed by atoms with Crippen molar-refractivity contribution in [1.29, 1.82) is 0 Å². The second-order valence-electron chi connectivity index (χ2n) is 8.74. The van der Waals surface area contributed by atoms with Crippen molar-refractivity contribution in [1.82, 2.24) is 10.4 Å². The van der Waals surface area contributed by atoms with Gasteiger partial charge < -0.3 is 39.4 Å². The van der Waals surface area contributed by atoms with E-state index in [1.165, 1.54) is 38.3 Å². The van der Waals surface area contributed by atoms with Crippen molar-refractivity contribution in [2.75, 3.05) is 13.7 Å². The van der Waals surface area contributed by atoms with Gasteiger partial charge >= 0.3 is 13.7 Å². The molecule has 0 aliphatic carbocycles. The van der Waals surface area contributed by atoms with Crippen molar-refractivity contribution < 1.29 is 52.7 Å². The fourth-order valence-electron chi connectivity index (χ4n) is 3.76.